The van der Waals surface area contributed by atoms with Gasteiger partial charge in [-0.05, 0) is 43.2 Å². The van der Waals surface area contributed by atoms with E-state index in [9.17, 15) is 9.90 Å². The maximum Gasteiger partial charge on any atom is 0.225 e. The third-order valence-electron chi connectivity index (χ3n) is 5.41. The highest BCUT2D eigenvalue weighted by molar-refractivity contribution is 5.79. The van der Waals surface area contributed by atoms with Crippen LogP contribution in [0.2, 0.25) is 0 Å². The molecule has 0 radical (unpaired) electrons. The highest BCUT2D eigenvalue weighted by Gasteiger charge is 2.48. The smallest absolute Gasteiger partial charge is 0.225 e. The standard InChI is InChI=1S/C17H22N2O2/c20-16-4-2-1-3-15(16)18-5-7-19(8-6-18)17(21)14-10-12-9-13(12)11-14/h1-4,12-14,20H,5-11H2. The molecule has 1 aromatic carbocycles. The number of fused-ring (bicyclic) bond motifs is 1. The van der Waals surface area contributed by atoms with Crippen LogP contribution < -0.4 is 4.90 Å². The van der Waals surface area contributed by atoms with Gasteiger partial charge in [-0.2, -0.15) is 0 Å². The van der Waals surface area contributed by atoms with Gasteiger partial charge >= 0.3 is 0 Å². The first kappa shape index (κ1) is 13.0. The normalized spacial score (nSPS) is 31.1. The maximum atomic E-state index is 12.5. The predicted molar refractivity (Wildman–Crippen MR) is 81.2 cm³/mol. The molecule has 2 aliphatic carbocycles. The van der Waals surface area contributed by atoms with Crippen molar-refractivity contribution in [3.8, 4) is 5.75 Å². The minimum absolute atomic E-state index is 0.297. The number of nitrogens with zero attached hydrogens (tertiary/aromatic N) is 2. The molecule has 1 heterocycles. The molecule has 2 saturated carbocycles. The van der Waals surface area contributed by atoms with E-state index in [2.05, 4.69) is 4.90 Å². The molecule has 1 N–H and O–H groups in total. The number of hydrogen-bond acceptors (Lipinski definition) is 3. The monoisotopic (exact) mass is 286 g/mol. The molecular weight excluding hydrogens is 264 g/mol. The van der Waals surface area contributed by atoms with E-state index in [0.717, 1.165) is 56.5 Å². The Morgan fingerprint density at radius 2 is 1.67 bits per heavy atom. The molecule has 4 rings (SSSR count). The number of carbonyl (C=O) groups excluding carboxylic acids is 1. The zero-order chi connectivity index (χ0) is 14.4. The van der Waals surface area contributed by atoms with Crippen LogP contribution >= 0.6 is 0 Å². The van der Waals surface area contributed by atoms with Gasteiger partial charge < -0.3 is 14.9 Å². The summed E-state index contributed by atoms with van der Waals surface area (Å²) >= 11 is 0. The summed E-state index contributed by atoms with van der Waals surface area (Å²) in [6, 6.07) is 7.44. The second kappa shape index (κ2) is 4.93. The summed E-state index contributed by atoms with van der Waals surface area (Å²) in [4.78, 5) is 16.7. The quantitative estimate of drug-likeness (QED) is 0.905. The molecule has 2 atom stereocenters. The Balaban J connectivity index is 1.36. The first-order valence-electron chi connectivity index (χ1n) is 8.04. The largest absolute Gasteiger partial charge is 0.506 e. The van der Waals surface area contributed by atoms with Crippen LogP contribution in [0.25, 0.3) is 0 Å². The van der Waals surface area contributed by atoms with Gasteiger partial charge in [-0.15, -0.1) is 0 Å². The van der Waals surface area contributed by atoms with E-state index in [4.69, 9.17) is 0 Å². The van der Waals surface area contributed by atoms with Crippen molar-refractivity contribution in [2.45, 2.75) is 19.3 Å². The fourth-order valence-corrected chi connectivity index (χ4v) is 4.07. The molecular formula is C17H22N2O2. The molecule has 1 amide bonds. The number of piperazine rings is 1. The van der Waals surface area contributed by atoms with Crippen LogP contribution in [0.15, 0.2) is 24.3 Å². The van der Waals surface area contributed by atoms with Crippen molar-refractivity contribution >= 4 is 11.6 Å². The molecule has 4 heteroatoms. The van der Waals surface area contributed by atoms with Gasteiger partial charge in [-0.3, -0.25) is 4.79 Å². The number of amides is 1. The molecule has 0 aromatic heterocycles. The van der Waals surface area contributed by atoms with Crippen molar-refractivity contribution in [1.29, 1.82) is 0 Å². The molecule has 112 valence electrons. The van der Waals surface area contributed by atoms with Gasteiger partial charge in [0.1, 0.15) is 5.75 Å². The minimum atomic E-state index is 0.297. The van der Waals surface area contributed by atoms with Crippen molar-refractivity contribution < 1.29 is 9.90 Å². The van der Waals surface area contributed by atoms with Crippen LogP contribution in [-0.4, -0.2) is 42.1 Å². The average Bonchev–Trinajstić information content (AvgIpc) is 3.13. The Hall–Kier alpha value is -1.71. The fraction of sp³-hybridized carbons (Fsp3) is 0.588. The first-order chi connectivity index (χ1) is 10.2. The zero-order valence-corrected chi connectivity index (χ0v) is 12.2. The average molecular weight is 286 g/mol. The van der Waals surface area contributed by atoms with E-state index in [1.807, 2.05) is 23.1 Å². The van der Waals surface area contributed by atoms with Crippen LogP contribution in [0.3, 0.4) is 0 Å². The molecule has 1 aromatic rings. The van der Waals surface area contributed by atoms with Gasteiger partial charge in [0.15, 0.2) is 0 Å². The van der Waals surface area contributed by atoms with Crippen molar-refractivity contribution in [2.75, 3.05) is 31.1 Å². The van der Waals surface area contributed by atoms with Crippen LogP contribution in [0, 0.1) is 17.8 Å². The van der Waals surface area contributed by atoms with Crippen LogP contribution in [-0.2, 0) is 4.79 Å². The van der Waals surface area contributed by atoms with E-state index in [1.165, 1.54) is 6.42 Å². The summed E-state index contributed by atoms with van der Waals surface area (Å²) in [5.41, 5.74) is 0.881. The Morgan fingerprint density at radius 1 is 1.00 bits per heavy atom. The van der Waals surface area contributed by atoms with E-state index in [-0.39, 0.29) is 0 Å². The SMILES string of the molecule is O=C(C1CC2CC2C1)N1CCN(c2ccccc2O)CC1. The van der Waals surface area contributed by atoms with Crippen LogP contribution in [0.5, 0.6) is 5.75 Å². The molecule has 1 aliphatic heterocycles. The summed E-state index contributed by atoms with van der Waals surface area (Å²) in [6.07, 6.45) is 3.62. The Labute approximate surface area is 125 Å². The van der Waals surface area contributed by atoms with E-state index in [0.29, 0.717) is 17.6 Å². The summed E-state index contributed by atoms with van der Waals surface area (Å²) in [5.74, 6) is 2.72. The van der Waals surface area contributed by atoms with Crippen LogP contribution in [0.4, 0.5) is 5.69 Å². The first-order valence-corrected chi connectivity index (χ1v) is 8.04. The third-order valence-corrected chi connectivity index (χ3v) is 5.41. The third kappa shape index (κ3) is 2.37. The summed E-state index contributed by atoms with van der Waals surface area (Å²) < 4.78 is 0. The van der Waals surface area contributed by atoms with E-state index < -0.39 is 0 Å². The fourth-order valence-electron chi connectivity index (χ4n) is 4.07. The highest BCUT2D eigenvalue weighted by atomic mass is 16.3. The van der Waals surface area contributed by atoms with Gasteiger partial charge in [-0.1, -0.05) is 12.1 Å². The van der Waals surface area contributed by atoms with Gasteiger partial charge in [0.2, 0.25) is 5.91 Å². The molecule has 2 unspecified atom stereocenters. The maximum absolute atomic E-state index is 12.5. The van der Waals surface area contributed by atoms with Crippen molar-refractivity contribution in [2.24, 2.45) is 17.8 Å². The van der Waals surface area contributed by atoms with Gasteiger partial charge in [-0.25, -0.2) is 0 Å². The highest BCUT2D eigenvalue weighted by Crippen LogP contribution is 2.54. The van der Waals surface area contributed by atoms with Crippen molar-refractivity contribution in [3.63, 3.8) is 0 Å². The van der Waals surface area contributed by atoms with Gasteiger partial charge in [0.25, 0.3) is 0 Å². The number of anilines is 1. The number of para-hydroxylation sites is 2. The lowest BCUT2D eigenvalue weighted by molar-refractivity contribution is -0.136. The molecule has 4 nitrogen and oxygen atoms in total. The van der Waals surface area contributed by atoms with Gasteiger partial charge in [0.05, 0.1) is 5.69 Å². The lowest BCUT2D eigenvalue weighted by Crippen LogP contribution is -2.50. The van der Waals surface area contributed by atoms with Crippen LogP contribution in [0.1, 0.15) is 19.3 Å². The number of hydrogen-bond donors (Lipinski definition) is 1. The second-order valence-corrected chi connectivity index (χ2v) is 6.73. The molecule has 1 saturated heterocycles. The summed E-state index contributed by atoms with van der Waals surface area (Å²) in [7, 11) is 0. The molecule has 3 fully saturated rings. The summed E-state index contributed by atoms with van der Waals surface area (Å²) in [6.45, 7) is 3.17. The Bertz CT molecular complexity index is 541. The number of carbonyl (C=O) groups is 1. The zero-order valence-electron chi connectivity index (χ0n) is 12.2. The Kier molecular flexibility index (Phi) is 3.05. The number of aromatic hydroxyl groups is 1. The number of phenols is 1. The van der Waals surface area contributed by atoms with E-state index in [1.54, 1.807) is 6.07 Å². The topological polar surface area (TPSA) is 43.8 Å². The predicted octanol–water partition coefficient (Wildman–Crippen LogP) is 2.09. The van der Waals surface area contributed by atoms with Crippen molar-refractivity contribution in [1.82, 2.24) is 4.90 Å². The van der Waals surface area contributed by atoms with E-state index >= 15 is 0 Å². The lowest BCUT2D eigenvalue weighted by atomic mass is 10.0. The number of benzene rings is 1. The Morgan fingerprint density at radius 3 is 2.33 bits per heavy atom. The molecule has 0 spiro atoms. The number of phenolic OH excluding ortho intramolecular Hbond substituents is 1. The second-order valence-electron chi connectivity index (χ2n) is 6.73. The lowest BCUT2D eigenvalue weighted by Gasteiger charge is -2.37. The summed E-state index contributed by atoms with van der Waals surface area (Å²) in [5, 5.41) is 9.92. The molecule has 3 aliphatic rings. The molecule has 21 heavy (non-hydrogen) atoms. The van der Waals surface area contributed by atoms with Crippen molar-refractivity contribution in [3.05, 3.63) is 24.3 Å². The van der Waals surface area contributed by atoms with Gasteiger partial charge in [0, 0.05) is 32.1 Å². The minimum Gasteiger partial charge on any atom is -0.506 e. The number of rotatable bonds is 2. The molecule has 0 bridgehead atoms.